The predicted molar refractivity (Wildman–Crippen MR) is 77.5 cm³/mol. The van der Waals surface area contributed by atoms with E-state index in [4.69, 9.17) is 6.42 Å². The Hall–Kier alpha value is -1.54. The largest absolute Gasteiger partial charge is 0.369 e. The minimum absolute atomic E-state index is 0.0947. The molecule has 0 amide bonds. The molecule has 96 valence electrons. The average molecular weight is 310 g/mol. The Morgan fingerprint density at radius 3 is 3.06 bits per heavy atom. The molecule has 0 saturated heterocycles. The maximum Gasteiger partial charge on any atom is 0.283 e. The van der Waals surface area contributed by atoms with Gasteiger partial charge in [0, 0.05) is 0 Å². The van der Waals surface area contributed by atoms with E-state index in [2.05, 4.69) is 45.8 Å². The number of anilines is 1. The van der Waals surface area contributed by atoms with Crippen molar-refractivity contribution in [2.24, 2.45) is 0 Å². The topological polar surface area (TPSA) is 46.9 Å². The van der Waals surface area contributed by atoms with E-state index in [1.54, 1.807) is 12.3 Å². The van der Waals surface area contributed by atoms with Crippen molar-refractivity contribution in [1.29, 1.82) is 0 Å². The molecule has 1 heterocycles. The van der Waals surface area contributed by atoms with Crippen LogP contribution in [0.1, 0.15) is 19.8 Å². The van der Waals surface area contributed by atoms with Crippen LogP contribution in [0.15, 0.2) is 28.1 Å². The van der Waals surface area contributed by atoms with Crippen molar-refractivity contribution >= 4 is 21.6 Å². The summed E-state index contributed by atoms with van der Waals surface area (Å²) in [6.45, 7) is 6.02. The number of allylic oxidation sites excluding steroid dienone is 1. The summed E-state index contributed by atoms with van der Waals surface area (Å²) in [5, 5.41) is 7.17. The fraction of sp³-hybridized carbons (Fsp3) is 0.385. The molecule has 0 aliphatic carbocycles. The van der Waals surface area contributed by atoms with Gasteiger partial charge in [-0.1, -0.05) is 25.3 Å². The van der Waals surface area contributed by atoms with Crippen LogP contribution in [0.5, 0.6) is 0 Å². The third-order valence-electron chi connectivity index (χ3n) is 2.40. The Morgan fingerprint density at radius 1 is 1.78 bits per heavy atom. The van der Waals surface area contributed by atoms with E-state index >= 15 is 0 Å². The number of hydrogen-bond acceptors (Lipinski definition) is 3. The predicted octanol–water partition coefficient (Wildman–Crippen LogP) is 2.41. The zero-order valence-electron chi connectivity index (χ0n) is 10.3. The molecule has 1 atom stereocenters. The van der Waals surface area contributed by atoms with E-state index in [0.717, 1.165) is 12.8 Å². The van der Waals surface area contributed by atoms with Crippen LogP contribution in [0.2, 0.25) is 0 Å². The molecule has 0 aliphatic heterocycles. The van der Waals surface area contributed by atoms with Crippen LogP contribution in [-0.2, 0) is 6.54 Å². The van der Waals surface area contributed by atoms with E-state index in [9.17, 15) is 4.79 Å². The van der Waals surface area contributed by atoms with Crippen molar-refractivity contribution in [3.63, 3.8) is 0 Å². The van der Waals surface area contributed by atoms with E-state index in [-0.39, 0.29) is 11.6 Å². The monoisotopic (exact) mass is 309 g/mol. The first-order valence-electron chi connectivity index (χ1n) is 5.73. The number of rotatable bonds is 6. The molecule has 1 rings (SSSR count). The second-order valence-electron chi connectivity index (χ2n) is 3.80. The number of aromatic nitrogens is 2. The van der Waals surface area contributed by atoms with Gasteiger partial charge in [0.05, 0.1) is 24.5 Å². The van der Waals surface area contributed by atoms with Gasteiger partial charge in [-0.2, -0.15) is 5.10 Å². The van der Waals surface area contributed by atoms with Crippen LogP contribution in [0.25, 0.3) is 0 Å². The van der Waals surface area contributed by atoms with Crippen LogP contribution in [-0.4, -0.2) is 15.8 Å². The summed E-state index contributed by atoms with van der Waals surface area (Å²) in [5.41, 5.74) is 0.420. The van der Waals surface area contributed by atoms with Crippen molar-refractivity contribution in [3.05, 3.63) is 33.7 Å². The highest BCUT2D eigenvalue weighted by molar-refractivity contribution is 9.10. The lowest BCUT2D eigenvalue weighted by Crippen LogP contribution is -2.26. The zero-order chi connectivity index (χ0) is 13.5. The van der Waals surface area contributed by atoms with Crippen LogP contribution in [0, 0.1) is 12.3 Å². The van der Waals surface area contributed by atoms with Crippen LogP contribution in [0.3, 0.4) is 0 Å². The number of halogens is 1. The first-order chi connectivity index (χ1) is 8.63. The minimum atomic E-state index is -0.202. The van der Waals surface area contributed by atoms with Gasteiger partial charge < -0.3 is 5.32 Å². The summed E-state index contributed by atoms with van der Waals surface area (Å²) in [6.07, 6.45) is 10.5. The standard InChI is InChI=1S/C13H16BrN3O/c1-4-7-10(6-3)16-11-9-15-17(8-5-2)13(18)12(11)14/h3,5,9-10,16H,2,4,7-8H2,1H3. The van der Waals surface area contributed by atoms with Crippen molar-refractivity contribution in [2.75, 3.05) is 5.32 Å². The maximum absolute atomic E-state index is 11.9. The molecule has 18 heavy (non-hydrogen) atoms. The summed E-state index contributed by atoms with van der Waals surface area (Å²) in [5.74, 6) is 2.65. The molecule has 0 spiro atoms. The van der Waals surface area contributed by atoms with Gasteiger partial charge in [-0.05, 0) is 22.4 Å². The summed E-state index contributed by atoms with van der Waals surface area (Å²) in [6, 6.07) is -0.0947. The van der Waals surface area contributed by atoms with Gasteiger partial charge in [-0.15, -0.1) is 13.0 Å². The minimum Gasteiger partial charge on any atom is -0.369 e. The van der Waals surface area contributed by atoms with E-state index in [1.165, 1.54) is 4.68 Å². The number of hydrogen-bond donors (Lipinski definition) is 1. The SMILES string of the molecule is C#CC(CCC)Nc1cnn(CC=C)c(=O)c1Br. The molecular weight excluding hydrogens is 294 g/mol. The third-order valence-corrected chi connectivity index (χ3v) is 3.16. The molecular formula is C13H16BrN3O. The quantitative estimate of drug-likeness (QED) is 0.648. The molecule has 0 fully saturated rings. The first kappa shape index (κ1) is 14.5. The summed E-state index contributed by atoms with van der Waals surface area (Å²) in [7, 11) is 0. The molecule has 0 saturated carbocycles. The Morgan fingerprint density at radius 2 is 2.50 bits per heavy atom. The lowest BCUT2D eigenvalue weighted by atomic mass is 10.2. The Balaban J connectivity index is 2.98. The van der Waals surface area contributed by atoms with Gasteiger partial charge in [0.2, 0.25) is 0 Å². The fourth-order valence-corrected chi connectivity index (χ4v) is 1.91. The van der Waals surface area contributed by atoms with Crippen LogP contribution in [0.4, 0.5) is 5.69 Å². The van der Waals surface area contributed by atoms with Crippen molar-refractivity contribution < 1.29 is 0 Å². The van der Waals surface area contributed by atoms with Crippen LogP contribution < -0.4 is 10.9 Å². The fourth-order valence-electron chi connectivity index (χ4n) is 1.49. The first-order valence-corrected chi connectivity index (χ1v) is 6.52. The highest BCUT2D eigenvalue weighted by atomic mass is 79.9. The second kappa shape index (κ2) is 7.02. The third kappa shape index (κ3) is 3.47. The van der Waals surface area contributed by atoms with E-state index < -0.39 is 0 Å². The van der Waals surface area contributed by atoms with Gasteiger partial charge in [-0.3, -0.25) is 4.79 Å². The molecule has 1 aromatic heterocycles. The summed E-state index contributed by atoms with van der Waals surface area (Å²) < 4.78 is 1.77. The Bertz CT molecular complexity index is 516. The summed E-state index contributed by atoms with van der Waals surface area (Å²) >= 11 is 3.27. The maximum atomic E-state index is 11.9. The van der Waals surface area contributed by atoms with E-state index in [0.29, 0.717) is 16.7 Å². The highest BCUT2D eigenvalue weighted by Crippen LogP contribution is 2.18. The van der Waals surface area contributed by atoms with Crippen molar-refractivity contribution in [3.8, 4) is 12.3 Å². The Kier molecular flexibility index (Phi) is 5.66. The summed E-state index contributed by atoms with van der Waals surface area (Å²) in [4.78, 5) is 11.9. The van der Waals surface area contributed by atoms with Crippen molar-refractivity contribution in [1.82, 2.24) is 9.78 Å². The molecule has 0 aromatic carbocycles. The number of terminal acetylenes is 1. The molecule has 4 nitrogen and oxygen atoms in total. The molecule has 0 aliphatic rings. The lowest BCUT2D eigenvalue weighted by molar-refractivity contribution is 0.647. The molecule has 1 aromatic rings. The molecule has 1 N–H and O–H groups in total. The van der Waals surface area contributed by atoms with Gasteiger partial charge >= 0.3 is 0 Å². The number of nitrogens with one attached hydrogen (secondary N) is 1. The van der Waals surface area contributed by atoms with Gasteiger partial charge in [-0.25, -0.2) is 4.68 Å². The highest BCUT2D eigenvalue weighted by Gasteiger charge is 2.11. The molecule has 0 radical (unpaired) electrons. The van der Waals surface area contributed by atoms with Crippen LogP contribution >= 0.6 is 15.9 Å². The van der Waals surface area contributed by atoms with Gasteiger partial charge in [0.25, 0.3) is 5.56 Å². The zero-order valence-corrected chi connectivity index (χ0v) is 11.9. The van der Waals surface area contributed by atoms with Gasteiger partial charge in [0.15, 0.2) is 0 Å². The second-order valence-corrected chi connectivity index (χ2v) is 4.59. The smallest absolute Gasteiger partial charge is 0.283 e. The molecule has 5 heteroatoms. The number of nitrogens with zero attached hydrogens (tertiary/aromatic N) is 2. The van der Waals surface area contributed by atoms with E-state index in [1.807, 2.05) is 0 Å². The normalized spacial score (nSPS) is 11.6. The average Bonchev–Trinajstić information content (AvgIpc) is 2.37. The molecule has 1 unspecified atom stereocenters. The van der Waals surface area contributed by atoms with Crippen molar-refractivity contribution in [2.45, 2.75) is 32.4 Å². The molecule has 0 bridgehead atoms. The lowest BCUT2D eigenvalue weighted by Gasteiger charge is -2.14. The van der Waals surface area contributed by atoms with Gasteiger partial charge in [0.1, 0.15) is 4.47 Å². The Labute approximate surface area is 115 Å².